The topological polar surface area (TPSA) is 52.5 Å². The molecule has 0 radical (unpaired) electrons. The summed E-state index contributed by atoms with van der Waals surface area (Å²) in [5, 5.41) is 11.0. The summed E-state index contributed by atoms with van der Waals surface area (Å²) >= 11 is 1.69. The van der Waals surface area contributed by atoms with Crippen molar-refractivity contribution in [1.82, 2.24) is 9.97 Å². The first-order valence-electron chi connectivity index (χ1n) is 5.25. The van der Waals surface area contributed by atoms with E-state index < -0.39 is 0 Å². The van der Waals surface area contributed by atoms with Crippen LogP contribution in [0.2, 0.25) is 0 Å². The number of imidazole rings is 1. The van der Waals surface area contributed by atoms with Crippen LogP contribution in [0.15, 0.2) is 17.6 Å². The Morgan fingerprint density at radius 2 is 2.44 bits per heavy atom. The van der Waals surface area contributed by atoms with Crippen molar-refractivity contribution < 1.29 is 0 Å². The molecule has 0 aliphatic rings. The summed E-state index contributed by atoms with van der Waals surface area (Å²) in [5.41, 5.74) is 2.25. The second kappa shape index (κ2) is 4.50. The fourth-order valence-electron chi connectivity index (χ4n) is 1.62. The Morgan fingerprint density at radius 3 is 3.00 bits per heavy atom. The summed E-state index contributed by atoms with van der Waals surface area (Å²) in [6, 6.07) is 4.34. The van der Waals surface area contributed by atoms with E-state index in [0.29, 0.717) is 0 Å². The van der Waals surface area contributed by atoms with Gasteiger partial charge in [0.25, 0.3) is 0 Å². The normalized spacial score (nSPS) is 12.3. The summed E-state index contributed by atoms with van der Waals surface area (Å²) in [4.78, 5) is 8.72. The van der Waals surface area contributed by atoms with Crippen molar-refractivity contribution in [2.75, 3.05) is 0 Å². The van der Waals surface area contributed by atoms with Gasteiger partial charge in [-0.1, -0.05) is 6.92 Å². The maximum atomic E-state index is 8.97. The van der Waals surface area contributed by atoms with Crippen LogP contribution in [0.25, 0.3) is 10.6 Å². The number of H-pyrrole nitrogens is 1. The van der Waals surface area contributed by atoms with Gasteiger partial charge in [0.15, 0.2) is 0 Å². The Morgan fingerprint density at radius 1 is 1.62 bits per heavy atom. The van der Waals surface area contributed by atoms with Crippen molar-refractivity contribution in [2.24, 2.45) is 0 Å². The van der Waals surface area contributed by atoms with Crippen molar-refractivity contribution in [2.45, 2.75) is 26.2 Å². The Hall–Kier alpha value is -1.60. The molecule has 0 aromatic carbocycles. The molecular formula is C12H13N3S. The molecular weight excluding hydrogens is 218 g/mol. The Bertz CT molecular complexity index is 518. The van der Waals surface area contributed by atoms with Crippen LogP contribution in [0.5, 0.6) is 0 Å². The molecule has 2 rings (SSSR count). The predicted octanol–water partition coefficient (Wildman–Crippen LogP) is 3.46. The third-order valence-electron chi connectivity index (χ3n) is 2.60. The summed E-state index contributed by atoms with van der Waals surface area (Å²) in [5.74, 6) is 0.641. The standard InChI is InChI=1S/C12H13N3S/c1-3-9(6-13)12-14-7-10(15-12)11-8(2)4-5-16-11/h4-5,7,9H,3H2,1-2H3,(H,14,15). The molecule has 0 bridgehead atoms. The van der Waals surface area contributed by atoms with Crippen molar-refractivity contribution in [3.8, 4) is 16.6 Å². The third-order valence-corrected chi connectivity index (χ3v) is 3.65. The van der Waals surface area contributed by atoms with Gasteiger partial charge in [-0.15, -0.1) is 11.3 Å². The van der Waals surface area contributed by atoms with Gasteiger partial charge in [0, 0.05) is 0 Å². The monoisotopic (exact) mass is 231 g/mol. The quantitative estimate of drug-likeness (QED) is 0.879. The Balaban J connectivity index is 2.34. The predicted molar refractivity (Wildman–Crippen MR) is 65.3 cm³/mol. The van der Waals surface area contributed by atoms with Crippen molar-refractivity contribution in [1.29, 1.82) is 5.26 Å². The van der Waals surface area contributed by atoms with E-state index in [1.54, 1.807) is 11.3 Å². The molecule has 2 heterocycles. The second-order valence-corrected chi connectivity index (χ2v) is 4.62. The molecule has 0 saturated heterocycles. The van der Waals surface area contributed by atoms with Crippen LogP contribution in [-0.4, -0.2) is 9.97 Å². The SMILES string of the molecule is CCC(C#N)c1ncc(-c2sccc2C)[nH]1. The van der Waals surface area contributed by atoms with Crippen molar-refractivity contribution in [3.63, 3.8) is 0 Å². The lowest BCUT2D eigenvalue weighted by Gasteiger charge is -2.00. The Kier molecular flexibility index (Phi) is 3.07. The number of aromatic nitrogens is 2. The number of aromatic amines is 1. The van der Waals surface area contributed by atoms with Gasteiger partial charge in [0.2, 0.25) is 0 Å². The fourth-order valence-corrected chi connectivity index (χ4v) is 2.52. The van der Waals surface area contributed by atoms with Crippen LogP contribution >= 0.6 is 11.3 Å². The number of nitrogens with one attached hydrogen (secondary N) is 1. The number of hydrogen-bond donors (Lipinski definition) is 1. The van der Waals surface area contributed by atoms with Gasteiger partial charge < -0.3 is 4.98 Å². The number of thiophene rings is 1. The first kappa shape index (κ1) is 10.9. The highest BCUT2D eigenvalue weighted by Gasteiger charge is 2.13. The highest BCUT2D eigenvalue weighted by molar-refractivity contribution is 7.13. The van der Waals surface area contributed by atoms with E-state index in [2.05, 4.69) is 34.4 Å². The molecule has 2 aromatic rings. The van der Waals surface area contributed by atoms with E-state index in [9.17, 15) is 0 Å². The minimum Gasteiger partial charge on any atom is -0.340 e. The first-order chi connectivity index (χ1) is 7.76. The minimum absolute atomic E-state index is 0.131. The average molecular weight is 231 g/mol. The van der Waals surface area contributed by atoms with E-state index in [4.69, 9.17) is 5.26 Å². The van der Waals surface area contributed by atoms with E-state index in [-0.39, 0.29) is 5.92 Å². The highest BCUT2D eigenvalue weighted by Crippen LogP contribution is 2.28. The van der Waals surface area contributed by atoms with Gasteiger partial charge >= 0.3 is 0 Å². The van der Waals surface area contributed by atoms with Crippen LogP contribution in [-0.2, 0) is 0 Å². The molecule has 4 heteroatoms. The number of rotatable bonds is 3. The summed E-state index contributed by atoms with van der Waals surface area (Å²) in [6.45, 7) is 4.07. The number of aryl methyl sites for hydroxylation is 1. The van der Waals surface area contributed by atoms with Crippen LogP contribution < -0.4 is 0 Å². The van der Waals surface area contributed by atoms with E-state index in [1.165, 1.54) is 10.4 Å². The maximum absolute atomic E-state index is 8.97. The van der Waals surface area contributed by atoms with Crippen LogP contribution in [0, 0.1) is 18.3 Å². The average Bonchev–Trinajstić information content (AvgIpc) is 2.89. The van der Waals surface area contributed by atoms with Crippen LogP contribution in [0.3, 0.4) is 0 Å². The molecule has 2 aromatic heterocycles. The molecule has 3 nitrogen and oxygen atoms in total. The van der Waals surface area contributed by atoms with Crippen molar-refractivity contribution >= 4 is 11.3 Å². The second-order valence-electron chi connectivity index (χ2n) is 3.70. The summed E-state index contributed by atoms with van der Waals surface area (Å²) in [6.07, 6.45) is 2.60. The molecule has 1 atom stereocenters. The van der Waals surface area contributed by atoms with E-state index >= 15 is 0 Å². The largest absolute Gasteiger partial charge is 0.340 e. The first-order valence-corrected chi connectivity index (χ1v) is 6.13. The fraction of sp³-hybridized carbons (Fsp3) is 0.333. The van der Waals surface area contributed by atoms with Gasteiger partial charge in [-0.3, -0.25) is 0 Å². The number of nitrogens with zero attached hydrogens (tertiary/aromatic N) is 2. The highest BCUT2D eigenvalue weighted by atomic mass is 32.1. The summed E-state index contributed by atoms with van der Waals surface area (Å²) < 4.78 is 0. The van der Waals surface area contributed by atoms with Gasteiger partial charge in [-0.05, 0) is 30.4 Å². The molecule has 0 aliphatic carbocycles. The number of nitriles is 1. The molecule has 0 saturated carbocycles. The van der Waals surface area contributed by atoms with E-state index in [1.807, 2.05) is 13.1 Å². The molecule has 0 aliphatic heterocycles. The molecule has 0 spiro atoms. The molecule has 16 heavy (non-hydrogen) atoms. The molecule has 82 valence electrons. The molecule has 1 unspecified atom stereocenters. The van der Waals surface area contributed by atoms with Gasteiger partial charge in [0.05, 0.1) is 22.8 Å². The van der Waals surface area contributed by atoms with Crippen LogP contribution in [0.1, 0.15) is 30.7 Å². The molecule has 1 N–H and O–H groups in total. The van der Waals surface area contributed by atoms with Gasteiger partial charge in [-0.25, -0.2) is 4.98 Å². The van der Waals surface area contributed by atoms with Crippen molar-refractivity contribution in [3.05, 3.63) is 29.0 Å². The number of hydrogen-bond acceptors (Lipinski definition) is 3. The lowest BCUT2D eigenvalue weighted by Crippen LogP contribution is -1.95. The zero-order valence-corrected chi connectivity index (χ0v) is 10.1. The lowest BCUT2D eigenvalue weighted by molar-refractivity contribution is 0.766. The smallest absolute Gasteiger partial charge is 0.123 e. The third kappa shape index (κ3) is 1.86. The molecule has 0 amide bonds. The lowest BCUT2D eigenvalue weighted by atomic mass is 10.1. The van der Waals surface area contributed by atoms with Gasteiger partial charge in [0.1, 0.15) is 11.7 Å². The van der Waals surface area contributed by atoms with Gasteiger partial charge in [-0.2, -0.15) is 5.26 Å². The zero-order chi connectivity index (χ0) is 11.5. The Labute approximate surface area is 98.8 Å². The maximum Gasteiger partial charge on any atom is 0.123 e. The minimum atomic E-state index is -0.131. The summed E-state index contributed by atoms with van der Waals surface area (Å²) in [7, 11) is 0. The molecule has 0 fully saturated rings. The van der Waals surface area contributed by atoms with Crippen LogP contribution in [0.4, 0.5) is 0 Å². The zero-order valence-electron chi connectivity index (χ0n) is 9.32. The van der Waals surface area contributed by atoms with E-state index in [0.717, 1.165) is 17.9 Å².